The van der Waals surface area contributed by atoms with Crippen molar-refractivity contribution in [3.05, 3.63) is 28.5 Å². The van der Waals surface area contributed by atoms with Gasteiger partial charge in [-0.15, -0.1) is 12.4 Å². The fourth-order valence-electron chi connectivity index (χ4n) is 1.06. The molecule has 0 aliphatic carbocycles. The molecule has 0 aromatic heterocycles. The van der Waals surface area contributed by atoms with Gasteiger partial charge in [-0.25, -0.2) is 4.39 Å². The van der Waals surface area contributed by atoms with Crippen LogP contribution in [0.25, 0.3) is 0 Å². The van der Waals surface area contributed by atoms with E-state index in [1.54, 1.807) is 0 Å². The standard InChI is InChI=1S/C9H9ClFNO3.ClH/c1-15-9(14)7(12)4-2-3-5(11)6(10)8(4)13;/h2-3,7,13H,12H2,1H3;1H/t7-;/m1./s1. The Kier molecular flexibility index (Phi) is 5.50. The molecule has 0 saturated carbocycles. The van der Waals surface area contributed by atoms with Gasteiger partial charge >= 0.3 is 5.97 Å². The number of esters is 1. The average Bonchev–Trinajstić information content (AvgIpc) is 2.24. The molecule has 0 bridgehead atoms. The van der Waals surface area contributed by atoms with Gasteiger partial charge in [-0.3, -0.25) is 4.79 Å². The Morgan fingerprint density at radius 1 is 1.62 bits per heavy atom. The van der Waals surface area contributed by atoms with Crippen molar-refractivity contribution in [3.8, 4) is 5.75 Å². The Hall–Kier alpha value is -1.04. The molecular weight excluding hydrogens is 260 g/mol. The summed E-state index contributed by atoms with van der Waals surface area (Å²) in [7, 11) is 1.16. The number of halogens is 3. The van der Waals surface area contributed by atoms with Crippen LogP contribution in [0.15, 0.2) is 12.1 Å². The highest BCUT2D eigenvalue weighted by molar-refractivity contribution is 6.32. The Bertz CT molecular complexity index is 401. The molecule has 0 fully saturated rings. The smallest absolute Gasteiger partial charge is 0.327 e. The minimum Gasteiger partial charge on any atom is -0.506 e. The van der Waals surface area contributed by atoms with Gasteiger partial charge in [0.1, 0.15) is 22.6 Å². The summed E-state index contributed by atoms with van der Waals surface area (Å²) < 4.78 is 17.2. The first-order chi connectivity index (χ1) is 6.99. The van der Waals surface area contributed by atoms with Crippen molar-refractivity contribution in [2.45, 2.75) is 6.04 Å². The summed E-state index contributed by atoms with van der Waals surface area (Å²) >= 11 is 5.44. The van der Waals surface area contributed by atoms with Crippen LogP contribution in [0.5, 0.6) is 5.75 Å². The van der Waals surface area contributed by atoms with Crippen LogP contribution in [-0.2, 0) is 9.53 Å². The van der Waals surface area contributed by atoms with Gasteiger partial charge in [-0.05, 0) is 6.07 Å². The lowest BCUT2D eigenvalue weighted by atomic mass is 10.1. The van der Waals surface area contributed by atoms with Gasteiger partial charge in [0.25, 0.3) is 0 Å². The van der Waals surface area contributed by atoms with Gasteiger partial charge in [0.15, 0.2) is 0 Å². The number of hydrogen-bond donors (Lipinski definition) is 2. The van der Waals surface area contributed by atoms with E-state index < -0.39 is 28.6 Å². The van der Waals surface area contributed by atoms with Crippen molar-refractivity contribution >= 4 is 30.0 Å². The number of benzene rings is 1. The van der Waals surface area contributed by atoms with E-state index in [1.807, 2.05) is 0 Å². The quantitative estimate of drug-likeness (QED) is 0.803. The fraction of sp³-hybridized carbons (Fsp3) is 0.222. The van der Waals surface area contributed by atoms with Crippen molar-refractivity contribution in [2.24, 2.45) is 5.73 Å². The van der Waals surface area contributed by atoms with E-state index in [0.717, 1.165) is 13.2 Å². The number of carbonyl (C=O) groups is 1. The molecule has 0 spiro atoms. The van der Waals surface area contributed by atoms with Gasteiger partial charge in [-0.1, -0.05) is 17.7 Å². The molecule has 7 heteroatoms. The molecule has 1 rings (SSSR count). The largest absolute Gasteiger partial charge is 0.506 e. The lowest BCUT2D eigenvalue weighted by Gasteiger charge is -2.12. The maximum atomic E-state index is 12.9. The van der Waals surface area contributed by atoms with Crippen LogP contribution >= 0.6 is 24.0 Å². The molecule has 1 aromatic carbocycles. The third-order valence-electron chi connectivity index (χ3n) is 1.89. The van der Waals surface area contributed by atoms with E-state index in [1.165, 1.54) is 6.07 Å². The monoisotopic (exact) mass is 269 g/mol. The summed E-state index contributed by atoms with van der Waals surface area (Å²) in [5.74, 6) is -2.07. The molecule has 0 aliphatic rings. The Balaban J connectivity index is 0.00000225. The van der Waals surface area contributed by atoms with Crippen LogP contribution in [0.4, 0.5) is 4.39 Å². The van der Waals surface area contributed by atoms with Gasteiger partial charge in [0.05, 0.1) is 7.11 Å². The highest BCUT2D eigenvalue weighted by Crippen LogP contribution is 2.33. The van der Waals surface area contributed by atoms with Crippen LogP contribution in [0.2, 0.25) is 5.02 Å². The van der Waals surface area contributed by atoms with Crippen molar-refractivity contribution < 1.29 is 19.0 Å². The van der Waals surface area contributed by atoms with Gasteiger partial charge in [0, 0.05) is 5.56 Å². The maximum absolute atomic E-state index is 12.9. The number of hydrogen-bond acceptors (Lipinski definition) is 4. The fourth-order valence-corrected chi connectivity index (χ4v) is 1.23. The summed E-state index contributed by atoms with van der Waals surface area (Å²) in [6.07, 6.45) is 0. The van der Waals surface area contributed by atoms with Gasteiger partial charge < -0.3 is 15.6 Å². The predicted octanol–water partition coefficient (Wildman–Crippen LogP) is 1.78. The molecule has 4 nitrogen and oxygen atoms in total. The van der Waals surface area contributed by atoms with E-state index >= 15 is 0 Å². The highest BCUT2D eigenvalue weighted by Gasteiger charge is 2.22. The molecule has 1 aromatic rings. The minimum atomic E-state index is -1.19. The molecule has 0 heterocycles. The first-order valence-corrected chi connectivity index (χ1v) is 4.37. The lowest BCUT2D eigenvalue weighted by Crippen LogP contribution is -2.22. The van der Waals surface area contributed by atoms with Gasteiger partial charge in [0.2, 0.25) is 0 Å². The predicted molar refractivity (Wildman–Crippen MR) is 59.3 cm³/mol. The third-order valence-corrected chi connectivity index (χ3v) is 2.25. The zero-order valence-corrected chi connectivity index (χ0v) is 9.81. The summed E-state index contributed by atoms with van der Waals surface area (Å²) in [4.78, 5) is 11.1. The van der Waals surface area contributed by atoms with Gasteiger partial charge in [-0.2, -0.15) is 0 Å². The van der Waals surface area contributed by atoms with Crippen molar-refractivity contribution in [1.82, 2.24) is 0 Å². The Labute approximate surface area is 103 Å². The summed E-state index contributed by atoms with van der Waals surface area (Å²) in [6.45, 7) is 0. The number of ether oxygens (including phenoxy) is 1. The molecule has 0 radical (unpaired) electrons. The number of nitrogens with two attached hydrogens (primary N) is 1. The number of carbonyl (C=O) groups excluding carboxylic acids is 1. The first kappa shape index (κ1) is 15.0. The van der Waals surface area contributed by atoms with Crippen LogP contribution in [0.1, 0.15) is 11.6 Å². The zero-order valence-electron chi connectivity index (χ0n) is 8.24. The summed E-state index contributed by atoms with van der Waals surface area (Å²) in [6, 6.07) is 1.01. The van der Waals surface area contributed by atoms with E-state index in [4.69, 9.17) is 17.3 Å². The van der Waals surface area contributed by atoms with Crippen LogP contribution in [-0.4, -0.2) is 18.2 Å². The molecular formula is C9H10Cl2FNO3. The Morgan fingerprint density at radius 2 is 2.19 bits per heavy atom. The van der Waals surface area contributed by atoms with Crippen molar-refractivity contribution in [3.63, 3.8) is 0 Å². The van der Waals surface area contributed by atoms with E-state index in [2.05, 4.69) is 4.74 Å². The molecule has 0 amide bonds. The number of rotatable bonds is 2. The van der Waals surface area contributed by atoms with E-state index in [9.17, 15) is 14.3 Å². The summed E-state index contributed by atoms with van der Waals surface area (Å²) in [5.41, 5.74) is 5.47. The molecule has 0 unspecified atom stereocenters. The lowest BCUT2D eigenvalue weighted by molar-refractivity contribution is -0.142. The first-order valence-electron chi connectivity index (χ1n) is 3.99. The SMILES string of the molecule is COC(=O)[C@H](N)c1ccc(F)c(Cl)c1O.Cl. The number of phenols is 1. The van der Waals surface area contributed by atoms with E-state index in [-0.39, 0.29) is 18.0 Å². The molecule has 16 heavy (non-hydrogen) atoms. The topological polar surface area (TPSA) is 72.5 Å². The van der Waals surface area contributed by atoms with Crippen LogP contribution < -0.4 is 5.73 Å². The molecule has 0 saturated heterocycles. The maximum Gasteiger partial charge on any atom is 0.327 e. The third kappa shape index (κ3) is 2.75. The second-order valence-electron chi connectivity index (χ2n) is 2.80. The van der Waals surface area contributed by atoms with Crippen molar-refractivity contribution in [2.75, 3.05) is 7.11 Å². The molecule has 0 aliphatic heterocycles. The average molecular weight is 270 g/mol. The van der Waals surface area contributed by atoms with E-state index in [0.29, 0.717) is 0 Å². The van der Waals surface area contributed by atoms with Crippen molar-refractivity contribution in [1.29, 1.82) is 0 Å². The Morgan fingerprint density at radius 3 is 2.69 bits per heavy atom. The number of phenolic OH excluding ortho intramolecular Hbond substituents is 1. The normalized spacial score (nSPS) is 11.5. The molecule has 1 atom stereocenters. The highest BCUT2D eigenvalue weighted by atomic mass is 35.5. The molecule has 3 N–H and O–H groups in total. The second-order valence-corrected chi connectivity index (χ2v) is 3.18. The zero-order chi connectivity index (χ0) is 11.6. The summed E-state index contributed by atoms with van der Waals surface area (Å²) in [5, 5.41) is 8.97. The molecule has 90 valence electrons. The second kappa shape index (κ2) is 5.89. The van der Waals surface area contributed by atoms with Crippen LogP contribution in [0, 0.1) is 5.82 Å². The number of methoxy groups -OCH3 is 1. The number of aromatic hydroxyl groups is 1. The van der Waals surface area contributed by atoms with Crippen LogP contribution in [0.3, 0.4) is 0 Å². The minimum absolute atomic E-state index is 0.